The van der Waals surface area contributed by atoms with Crippen molar-refractivity contribution in [1.29, 1.82) is 0 Å². The summed E-state index contributed by atoms with van der Waals surface area (Å²) in [5.41, 5.74) is 3.17. The number of aliphatic carboxylic acids is 1. The lowest BCUT2D eigenvalue weighted by atomic mass is 10.0. The van der Waals surface area contributed by atoms with Crippen molar-refractivity contribution in [3.8, 4) is 16.9 Å². The average molecular weight is 313 g/mol. The van der Waals surface area contributed by atoms with Crippen molar-refractivity contribution in [2.75, 3.05) is 7.11 Å². The Hall–Kier alpha value is -2.33. The zero-order chi connectivity index (χ0) is 16.8. The van der Waals surface area contributed by atoms with Crippen LogP contribution in [0.2, 0.25) is 0 Å². The van der Waals surface area contributed by atoms with E-state index < -0.39 is 12.0 Å². The normalized spacial score (nSPS) is 12.2. The van der Waals surface area contributed by atoms with Crippen molar-refractivity contribution in [2.45, 2.75) is 26.4 Å². The van der Waals surface area contributed by atoms with E-state index in [4.69, 9.17) is 4.74 Å². The first kappa shape index (κ1) is 17.0. The second-order valence-electron chi connectivity index (χ2n) is 5.84. The fraction of sp³-hybridized carbons (Fsp3) is 0.316. The fourth-order valence-corrected chi connectivity index (χ4v) is 2.52. The summed E-state index contributed by atoms with van der Waals surface area (Å²) in [6, 6.07) is 15.4. The lowest BCUT2D eigenvalue weighted by Gasteiger charge is -2.18. The minimum absolute atomic E-state index is 0.0420. The highest BCUT2D eigenvalue weighted by Gasteiger charge is 2.20. The maximum Gasteiger partial charge on any atom is 0.320 e. The number of carbonyl (C=O) groups is 1. The van der Waals surface area contributed by atoms with Gasteiger partial charge in [0.05, 0.1) is 7.11 Å². The number of nitrogens with one attached hydrogen (secondary N) is 1. The van der Waals surface area contributed by atoms with Crippen molar-refractivity contribution in [3.05, 3.63) is 54.1 Å². The molecule has 0 aromatic heterocycles. The second-order valence-corrected chi connectivity index (χ2v) is 5.84. The van der Waals surface area contributed by atoms with Crippen LogP contribution < -0.4 is 10.1 Å². The molecule has 0 saturated carbocycles. The van der Waals surface area contributed by atoms with Gasteiger partial charge in [-0.3, -0.25) is 4.79 Å². The van der Waals surface area contributed by atoms with Gasteiger partial charge in [-0.1, -0.05) is 56.3 Å². The van der Waals surface area contributed by atoms with Crippen LogP contribution in [-0.2, 0) is 11.3 Å². The van der Waals surface area contributed by atoms with Gasteiger partial charge in [0.15, 0.2) is 0 Å². The van der Waals surface area contributed by atoms with Gasteiger partial charge in [-0.15, -0.1) is 0 Å². The Balaban J connectivity index is 2.09. The highest BCUT2D eigenvalue weighted by Crippen LogP contribution is 2.29. The second kappa shape index (κ2) is 7.79. The molecule has 2 aromatic carbocycles. The van der Waals surface area contributed by atoms with Gasteiger partial charge in [-0.25, -0.2) is 0 Å². The summed E-state index contributed by atoms with van der Waals surface area (Å²) in [5.74, 6) is 0.0649. The molecule has 1 atom stereocenters. The first-order valence-corrected chi connectivity index (χ1v) is 7.71. The van der Waals surface area contributed by atoms with Crippen molar-refractivity contribution < 1.29 is 14.6 Å². The molecular formula is C19H23NO3. The molecule has 0 amide bonds. The molecule has 0 aliphatic heterocycles. The molecule has 23 heavy (non-hydrogen) atoms. The summed E-state index contributed by atoms with van der Waals surface area (Å²) in [5, 5.41) is 12.3. The van der Waals surface area contributed by atoms with E-state index in [1.54, 1.807) is 7.11 Å². The third kappa shape index (κ3) is 4.33. The molecule has 0 unspecified atom stereocenters. The molecule has 2 rings (SSSR count). The molecular weight excluding hydrogens is 290 g/mol. The van der Waals surface area contributed by atoms with E-state index in [9.17, 15) is 9.90 Å². The third-order valence-corrected chi connectivity index (χ3v) is 3.83. The number of carboxylic acids is 1. The summed E-state index contributed by atoms with van der Waals surface area (Å²) >= 11 is 0. The highest BCUT2D eigenvalue weighted by molar-refractivity contribution is 5.73. The quantitative estimate of drug-likeness (QED) is 0.820. The molecule has 4 heteroatoms. The third-order valence-electron chi connectivity index (χ3n) is 3.83. The van der Waals surface area contributed by atoms with E-state index in [0.29, 0.717) is 6.54 Å². The Morgan fingerprint density at radius 1 is 1.13 bits per heavy atom. The van der Waals surface area contributed by atoms with Crippen LogP contribution in [-0.4, -0.2) is 24.2 Å². The number of rotatable bonds is 7. The summed E-state index contributed by atoms with van der Waals surface area (Å²) in [4.78, 5) is 11.2. The average Bonchev–Trinajstić information content (AvgIpc) is 2.55. The van der Waals surface area contributed by atoms with Gasteiger partial charge >= 0.3 is 5.97 Å². The maximum atomic E-state index is 11.2. The molecule has 4 nitrogen and oxygen atoms in total. The van der Waals surface area contributed by atoms with Gasteiger partial charge in [0.2, 0.25) is 0 Å². The first-order chi connectivity index (χ1) is 11.0. The molecule has 2 aromatic rings. The molecule has 0 fully saturated rings. The Labute approximate surface area is 137 Å². The highest BCUT2D eigenvalue weighted by atomic mass is 16.5. The lowest BCUT2D eigenvalue weighted by molar-refractivity contribution is -0.140. The number of para-hydroxylation sites is 1. The van der Waals surface area contributed by atoms with E-state index >= 15 is 0 Å². The molecule has 122 valence electrons. The minimum Gasteiger partial charge on any atom is -0.496 e. The van der Waals surface area contributed by atoms with Crippen LogP contribution >= 0.6 is 0 Å². The van der Waals surface area contributed by atoms with Crippen LogP contribution in [0.15, 0.2) is 48.5 Å². The zero-order valence-corrected chi connectivity index (χ0v) is 13.7. The molecule has 0 aliphatic carbocycles. The first-order valence-electron chi connectivity index (χ1n) is 7.71. The summed E-state index contributed by atoms with van der Waals surface area (Å²) < 4.78 is 5.38. The zero-order valence-electron chi connectivity index (χ0n) is 13.7. The van der Waals surface area contributed by atoms with E-state index in [2.05, 4.69) is 5.32 Å². The van der Waals surface area contributed by atoms with E-state index in [1.807, 2.05) is 62.4 Å². The van der Waals surface area contributed by atoms with Crippen molar-refractivity contribution in [3.63, 3.8) is 0 Å². The number of hydrogen-bond acceptors (Lipinski definition) is 3. The Kier molecular flexibility index (Phi) is 5.77. The van der Waals surface area contributed by atoms with E-state index in [-0.39, 0.29) is 5.92 Å². The Morgan fingerprint density at radius 3 is 2.35 bits per heavy atom. The number of hydrogen-bond donors (Lipinski definition) is 2. The standard InChI is InChI=1S/C19H23NO3/c1-13(2)18(19(21)22)20-12-14-8-10-15(11-9-14)16-6-4-5-7-17(16)23-3/h4-11,13,18,20H,12H2,1-3H3,(H,21,22)/t18-/m1/s1. The molecule has 0 bridgehead atoms. The molecule has 0 spiro atoms. The number of ether oxygens (including phenoxy) is 1. The molecule has 0 heterocycles. The van der Waals surface area contributed by atoms with Gasteiger partial charge in [0.1, 0.15) is 11.8 Å². The predicted molar refractivity (Wildman–Crippen MR) is 91.5 cm³/mol. The van der Waals surface area contributed by atoms with Crippen LogP contribution in [0, 0.1) is 5.92 Å². The molecule has 2 N–H and O–H groups in total. The van der Waals surface area contributed by atoms with Crippen molar-refractivity contribution in [1.82, 2.24) is 5.32 Å². The van der Waals surface area contributed by atoms with Gasteiger partial charge in [0, 0.05) is 12.1 Å². The van der Waals surface area contributed by atoms with Gasteiger partial charge in [0.25, 0.3) is 0 Å². The fourth-order valence-electron chi connectivity index (χ4n) is 2.52. The number of methoxy groups -OCH3 is 1. The SMILES string of the molecule is COc1ccccc1-c1ccc(CN[C@@H](C(=O)O)C(C)C)cc1. The Morgan fingerprint density at radius 2 is 1.78 bits per heavy atom. The van der Waals surface area contributed by atoms with Crippen LogP contribution in [0.5, 0.6) is 5.75 Å². The van der Waals surface area contributed by atoms with Crippen LogP contribution in [0.3, 0.4) is 0 Å². The van der Waals surface area contributed by atoms with E-state index in [0.717, 1.165) is 22.4 Å². The Bertz CT molecular complexity index is 650. The van der Waals surface area contributed by atoms with Crippen LogP contribution in [0.4, 0.5) is 0 Å². The van der Waals surface area contributed by atoms with Gasteiger partial charge in [-0.05, 0) is 23.1 Å². The van der Waals surface area contributed by atoms with Crippen molar-refractivity contribution >= 4 is 5.97 Å². The number of benzene rings is 2. The van der Waals surface area contributed by atoms with E-state index in [1.165, 1.54) is 0 Å². The number of carboxylic acid groups (broad SMARTS) is 1. The molecule has 0 aliphatic rings. The molecule has 0 radical (unpaired) electrons. The maximum absolute atomic E-state index is 11.2. The molecule has 0 saturated heterocycles. The van der Waals surface area contributed by atoms with Gasteiger partial charge < -0.3 is 15.2 Å². The largest absolute Gasteiger partial charge is 0.496 e. The summed E-state index contributed by atoms with van der Waals surface area (Å²) in [7, 11) is 1.66. The van der Waals surface area contributed by atoms with Crippen molar-refractivity contribution in [2.24, 2.45) is 5.92 Å². The minimum atomic E-state index is -0.814. The summed E-state index contributed by atoms with van der Waals surface area (Å²) in [6.07, 6.45) is 0. The monoisotopic (exact) mass is 313 g/mol. The summed E-state index contributed by atoms with van der Waals surface area (Å²) in [6.45, 7) is 4.33. The smallest absolute Gasteiger partial charge is 0.320 e. The van der Waals surface area contributed by atoms with Crippen LogP contribution in [0.25, 0.3) is 11.1 Å². The predicted octanol–water partition coefficient (Wildman–Crippen LogP) is 3.56. The lowest BCUT2D eigenvalue weighted by Crippen LogP contribution is -2.40. The topological polar surface area (TPSA) is 58.6 Å². The van der Waals surface area contributed by atoms with Gasteiger partial charge in [-0.2, -0.15) is 0 Å². The van der Waals surface area contributed by atoms with Crippen LogP contribution in [0.1, 0.15) is 19.4 Å².